The van der Waals surface area contributed by atoms with E-state index in [1.807, 2.05) is 49.5 Å². The van der Waals surface area contributed by atoms with Gasteiger partial charge in [0.2, 0.25) is 10.0 Å². The van der Waals surface area contributed by atoms with Crippen molar-refractivity contribution in [1.29, 1.82) is 0 Å². The van der Waals surface area contributed by atoms with Crippen LogP contribution in [0.5, 0.6) is 0 Å². The Morgan fingerprint density at radius 2 is 1.58 bits per heavy atom. The minimum absolute atomic E-state index is 0.329. The summed E-state index contributed by atoms with van der Waals surface area (Å²) in [4.78, 5) is 8.57. The SMILES string of the molecule is C[Si]1(C)O[Si](C)(C)[C@H]2C[C@@H]1CN(S(=O)(=O)c1cccc3cccnc13)C2.Cc1cccnc1. The molecule has 176 valence electrons. The number of aryl methyl sites for hydroxylation is 1. The van der Waals surface area contributed by atoms with E-state index < -0.39 is 26.7 Å². The molecule has 2 aliphatic rings. The Hall–Kier alpha value is -1.92. The molecule has 4 heterocycles. The number of sulfonamides is 1. The average Bonchev–Trinajstić information content (AvgIpc) is 2.78. The van der Waals surface area contributed by atoms with Gasteiger partial charge in [0.05, 0.1) is 5.52 Å². The van der Waals surface area contributed by atoms with Crippen molar-refractivity contribution in [3.8, 4) is 0 Å². The van der Waals surface area contributed by atoms with E-state index in [0.29, 0.717) is 34.6 Å². The molecule has 9 heteroatoms. The average molecular weight is 500 g/mol. The smallest absolute Gasteiger partial charge is 0.245 e. The summed E-state index contributed by atoms with van der Waals surface area (Å²) < 4.78 is 35.4. The van der Waals surface area contributed by atoms with E-state index in [2.05, 4.69) is 36.2 Å². The molecule has 2 bridgehead atoms. The Kier molecular flexibility index (Phi) is 6.63. The fourth-order valence-corrected chi connectivity index (χ4v) is 17.0. The number of fused-ring (bicyclic) bond motifs is 3. The van der Waals surface area contributed by atoms with Crippen LogP contribution < -0.4 is 0 Å². The number of hydrogen-bond acceptors (Lipinski definition) is 5. The van der Waals surface area contributed by atoms with Crippen LogP contribution in [-0.4, -0.2) is 52.4 Å². The number of aromatic nitrogens is 2. The monoisotopic (exact) mass is 499 g/mol. The summed E-state index contributed by atoms with van der Waals surface area (Å²) in [6.45, 7) is 12.2. The summed E-state index contributed by atoms with van der Waals surface area (Å²) in [6.07, 6.45) is 6.39. The third kappa shape index (κ3) is 4.97. The third-order valence-electron chi connectivity index (χ3n) is 6.93. The lowest BCUT2D eigenvalue weighted by Gasteiger charge is -2.54. The van der Waals surface area contributed by atoms with Gasteiger partial charge in [-0.05, 0) is 74.4 Å². The summed E-state index contributed by atoms with van der Waals surface area (Å²) in [5.41, 5.74) is 2.50. The Balaban J connectivity index is 0.000000318. The first-order valence-corrected chi connectivity index (χ1v) is 18.8. The van der Waals surface area contributed by atoms with E-state index in [4.69, 9.17) is 4.12 Å². The zero-order chi connectivity index (χ0) is 23.9. The number of rotatable bonds is 2. The molecule has 1 aromatic carbocycles. The lowest BCUT2D eigenvalue weighted by Crippen LogP contribution is -2.62. The minimum Gasteiger partial charge on any atom is -0.455 e. The fraction of sp³-hybridized carbons (Fsp3) is 0.417. The molecule has 5 rings (SSSR count). The van der Waals surface area contributed by atoms with Gasteiger partial charge in [-0.2, -0.15) is 4.31 Å². The van der Waals surface area contributed by atoms with Gasteiger partial charge in [-0.3, -0.25) is 9.97 Å². The maximum absolute atomic E-state index is 13.5. The molecule has 2 aromatic heterocycles. The van der Waals surface area contributed by atoms with Gasteiger partial charge in [-0.1, -0.05) is 24.3 Å². The van der Waals surface area contributed by atoms with Gasteiger partial charge in [-0.25, -0.2) is 8.42 Å². The Bertz CT molecular complexity index is 1210. The standard InChI is InChI=1S/C18H26N2O3SSi2.C6H7N/c1-25(2)15-11-16(26(3,4)23-25)13-20(12-15)24(21,22)17-9-5-7-14-8-6-10-19-18(14)17;1-6-3-2-4-7-5-6/h5-10,15-16H,11-13H2,1-4H3;2-5H,1H3/t15-,16+;. The van der Waals surface area contributed by atoms with Gasteiger partial charge in [0.1, 0.15) is 4.90 Å². The normalized spacial score (nSPS) is 24.0. The maximum Gasteiger partial charge on any atom is 0.245 e. The molecule has 0 spiro atoms. The molecule has 2 fully saturated rings. The van der Waals surface area contributed by atoms with Crippen LogP contribution >= 0.6 is 0 Å². The largest absolute Gasteiger partial charge is 0.455 e. The highest BCUT2D eigenvalue weighted by Gasteiger charge is 2.54. The number of piperidine rings is 1. The van der Waals surface area contributed by atoms with E-state index in [9.17, 15) is 8.42 Å². The molecular formula is C24H33N3O3SSi2. The van der Waals surface area contributed by atoms with Crippen molar-refractivity contribution < 1.29 is 12.5 Å². The molecule has 0 aliphatic carbocycles. The molecule has 3 aromatic rings. The lowest BCUT2D eigenvalue weighted by molar-refractivity contribution is 0.288. The molecule has 0 unspecified atom stereocenters. The molecule has 0 saturated carbocycles. The summed E-state index contributed by atoms with van der Waals surface area (Å²) in [5, 5.41) is 0.860. The first-order chi connectivity index (χ1) is 15.5. The van der Waals surface area contributed by atoms with Crippen LogP contribution in [0.4, 0.5) is 0 Å². The van der Waals surface area contributed by atoms with E-state index in [1.54, 1.807) is 22.8 Å². The highest BCUT2D eigenvalue weighted by molar-refractivity contribution is 7.89. The number of nitrogens with zero attached hydrogens (tertiary/aromatic N) is 3. The highest BCUT2D eigenvalue weighted by Crippen LogP contribution is 2.49. The second kappa shape index (κ2) is 9.03. The van der Waals surface area contributed by atoms with Gasteiger partial charge in [0, 0.05) is 37.1 Å². The number of hydrogen-bond donors (Lipinski definition) is 0. The van der Waals surface area contributed by atoms with Gasteiger partial charge in [0.15, 0.2) is 16.6 Å². The van der Waals surface area contributed by atoms with Crippen molar-refractivity contribution in [1.82, 2.24) is 14.3 Å². The van der Waals surface area contributed by atoms with Crippen LogP contribution in [0.25, 0.3) is 10.9 Å². The molecule has 0 amide bonds. The molecule has 2 aliphatic heterocycles. The first-order valence-electron chi connectivity index (χ1n) is 11.4. The summed E-state index contributed by atoms with van der Waals surface area (Å²) in [6, 6.07) is 13.1. The predicted octanol–water partition coefficient (Wildman–Crippen LogP) is 5.20. The van der Waals surface area contributed by atoms with Crippen LogP contribution in [0.15, 0.2) is 66.0 Å². The van der Waals surface area contributed by atoms with E-state index in [-0.39, 0.29) is 0 Å². The molecular weight excluding hydrogens is 467 g/mol. The van der Waals surface area contributed by atoms with Crippen molar-refractivity contribution in [2.75, 3.05) is 13.1 Å². The van der Waals surface area contributed by atoms with Crippen molar-refractivity contribution in [2.24, 2.45) is 0 Å². The first kappa shape index (κ1) is 24.2. The van der Waals surface area contributed by atoms with E-state index >= 15 is 0 Å². The van der Waals surface area contributed by atoms with Crippen molar-refractivity contribution in [3.05, 3.63) is 66.6 Å². The molecule has 0 N–H and O–H groups in total. The highest BCUT2D eigenvalue weighted by atomic mass is 32.2. The van der Waals surface area contributed by atoms with Gasteiger partial charge in [-0.15, -0.1) is 0 Å². The Morgan fingerprint density at radius 3 is 2.15 bits per heavy atom. The molecule has 6 nitrogen and oxygen atoms in total. The predicted molar refractivity (Wildman–Crippen MR) is 138 cm³/mol. The number of para-hydroxylation sites is 1. The minimum atomic E-state index is -3.57. The van der Waals surface area contributed by atoms with Crippen LogP contribution in [-0.2, 0) is 14.1 Å². The third-order valence-corrected chi connectivity index (χ3v) is 17.8. The summed E-state index contributed by atoms with van der Waals surface area (Å²) in [7, 11) is -7.33. The van der Waals surface area contributed by atoms with Crippen LogP contribution in [0, 0.1) is 6.92 Å². The van der Waals surface area contributed by atoms with Crippen LogP contribution in [0.1, 0.15) is 12.0 Å². The number of pyridine rings is 2. The number of benzene rings is 1. The van der Waals surface area contributed by atoms with E-state index in [0.717, 1.165) is 11.8 Å². The second-order valence-corrected chi connectivity index (χ2v) is 20.9. The quantitative estimate of drug-likeness (QED) is 0.453. The molecule has 2 atom stereocenters. The lowest BCUT2D eigenvalue weighted by atomic mass is 10.1. The van der Waals surface area contributed by atoms with E-state index in [1.165, 1.54) is 5.56 Å². The van der Waals surface area contributed by atoms with Crippen molar-refractivity contribution in [3.63, 3.8) is 0 Å². The zero-order valence-corrected chi connectivity index (χ0v) is 22.8. The van der Waals surface area contributed by atoms with Gasteiger partial charge in [0.25, 0.3) is 0 Å². The summed E-state index contributed by atoms with van der Waals surface area (Å²) in [5.74, 6) is 0. The fourth-order valence-electron chi connectivity index (χ4n) is 4.98. The maximum atomic E-state index is 13.5. The van der Waals surface area contributed by atoms with Crippen molar-refractivity contribution >= 4 is 37.6 Å². The molecule has 33 heavy (non-hydrogen) atoms. The van der Waals surface area contributed by atoms with Crippen LogP contribution in [0.2, 0.25) is 37.3 Å². The van der Waals surface area contributed by atoms with Gasteiger partial charge < -0.3 is 4.12 Å². The van der Waals surface area contributed by atoms with Crippen molar-refractivity contribution in [2.45, 2.75) is 55.5 Å². The molecule has 0 radical (unpaired) electrons. The Labute approximate surface area is 199 Å². The molecule has 2 saturated heterocycles. The Morgan fingerprint density at radius 1 is 0.939 bits per heavy atom. The van der Waals surface area contributed by atoms with Gasteiger partial charge >= 0.3 is 0 Å². The van der Waals surface area contributed by atoms with Crippen LogP contribution in [0.3, 0.4) is 0 Å². The summed E-state index contributed by atoms with van der Waals surface area (Å²) >= 11 is 0. The zero-order valence-electron chi connectivity index (χ0n) is 20.0. The second-order valence-electron chi connectivity index (χ2n) is 10.1. The topological polar surface area (TPSA) is 72.4 Å².